The van der Waals surface area contributed by atoms with Crippen molar-refractivity contribution < 1.29 is 9.13 Å². The van der Waals surface area contributed by atoms with Crippen LogP contribution in [-0.4, -0.2) is 21.2 Å². The molecule has 7 heteroatoms. The summed E-state index contributed by atoms with van der Waals surface area (Å²) in [6, 6.07) is 19.5. The van der Waals surface area contributed by atoms with Crippen molar-refractivity contribution in [3.05, 3.63) is 105 Å². The van der Waals surface area contributed by atoms with Gasteiger partial charge in [-0.05, 0) is 53.6 Å². The van der Waals surface area contributed by atoms with Crippen molar-refractivity contribution in [1.82, 2.24) is 14.1 Å². The van der Waals surface area contributed by atoms with Gasteiger partial charge in [0.05, 0.1) is 25.5 Å². The maximum atomic E-state index is 14.0. The van der Waals surface area contributed by atoms with Crippen LogP contribution in [0.1, 0.15) is 11.1 Å². The van der Waals surface area contributed by atoms with Crippen LogP contribution in [0, 0.1) is 5.82 Å². The summed E-state index contributed by atoms with van der Waals surface area (Å²) in [6.07, 6.45) is 1.51. The number of benzene rings is 3. The molecule has 2 aromatic heterocycles. The first-order valence-corrected chi connectivity index (χ1v) is 10.5. The average Bonchev–Trinajstić information content (AvgIpc) is 3.10. The van der Waals surface area contributed by atoms with Gasteiger partial charge >= 0.3 is 0 Å². The summed E-state index contributed by atoms with van der Waals surface area (Å²) < 4.78 is 22.8. The molecule has 0 radical (unpaired) electrons. The highest BCUT2D eigenvalue weighted by molar-refractivity contribution is 6.30. The van der Waals surface area contributed by atoms with E-state index in [4.69, 9.17) is 16.3 Å². The Morgan fingerprint density at radius 2 is 1.81 bits per heavy atom. The van der Waals surface area contributed by atoms with Gasteiger partial charge in [-0.3, -0.25) is 9.36 Å². The SMILES string of the molecule is COc1cccc(Cn2cnc3c4cc(F)ccc4n(Cc4ccc(Cl)cc4)c3c2=O)c1. The molecule has 0 spiro atoms. The number of rotatable bonds is 5. The zero-order valence-corrected chi connectivity index (χ0v) is 18.0. The van der Waals surface area contributed by atoms with Crippen LogP contribution in [0.25, 0.3) is 21.9 Å². The normalized spacial score (nSPS) is 11.3. The maximum absolute atomic E-state index is 14.0. The first-order chi connectivity index (χ1) is 15.5. The van der Waals surface area contributed by atoms with Crippen LogP contribution in [0.5, 0.6) is 5.75 Å². The van der Waals surface area contributed by atoms with E-state index in [2.05, 4.69) is 4.98 Å². The quantitative estimate of drug-likeness (QED) is 0.370. The fourth-order valence-electron chi connectivity index (χ4n) is 3.99. The predicted molar refractivity (Wildman–Crippen MR) is 124 cm³/mol. The van der Waals surface area contributed by atoms with Gasteiger partial charge in [0.2, 0.25) is 0 Å². The Balaban J connectivity index is 1.69. The third kappa shape index (κ3) is 3.63. The van der Waals surface area contributed by atoms with Gasteiger partial charge in [-0.25, -0.2) is 9.37 Å². The molecule has 3 aromatic carbocycles. The van der Waals surface area contributed by atoms with Crippen molar-refractivity contribution >= 4 is 33.5 Å². The summed E-state index contributed by atoms with van der Waals surface area (Å²) in [5.41, 5.74) is 3.37. The predicted octanol–water partition coefficient (Wildman–Crippen LogP) is 5.25. The van der Waals surface area contributed by atoms with Crippen LogP contribution < -0.4 is 10.3 Å². The van der Waals surface area contributed by atoms with E-state index in [9.17, 15) is 9.18 Å². The summed E-state index contributed by atoms with van der Waals surface area (Å²) in [4.78, 5) is 18.1. The van der Waals surface area contributed by atoms with Crippen molar-refractivity contribution in [2.75, 3.05) is 7.11 Å². The van der Waals surface area contributed by atoms with Gasteiger partial charge in [-0.2, -0.15) is 0 Å². The average molecular weight is 448 g/mol. The third-order valence-electron chi connectivity index (χ3n) is 5.53. The van der Waals surface area contributed by atoms with Crippen molar-refractivity contribution in [2.24, 2.45) is 0 Å². The summed E-state index contributed by atoms with van der Waals surface area (Å²) in [5, 5.41) is 1.25. The van der Waals surface area contributed by atoms with E-state index in [0.717, 1.165) is 22.4 Å². The van der Waals surface area contributed by atoms with Crippen molar-refractivity contribution in [2.45, 2.75) is 13.1 Å². The van der Waals surface area contributed by atoms with Gasteiger partial charge in [-0.1, -0.05) is 35.9 Å². The highest BCUT2D eigenvalue weighted by atomic mass is 35.5. The van der Waals surface area contributed by atoms with Crippen molar-refractivity contribution in [1.29, 1.82) is 0 Å². The molecule has 2 heterocycles. The largest absolute Gasteiger partial charge is 0.497 e. The molecule has 0 aliphatic heterocycles. The Hall–Kier alpha value is -3.64. The molecule has 0 unspecified atom stereocenters. The van der Waals surface area contributed by atoms with E-state index in [1.165, 1.54) is 18.5 Å². The van der Waals surface area contributed by atoms with E-state index < -0.39 is 0 Å². The molecule has 0 amide bonds. The molecular weight excluding hydrogens is 429 g/mol. The lowest BCUT2D eigenvalue weighted by Gasteiger charge is -2.10. The number of hydrogen-bond donors (Lipinski definition) is 0. The topological polar surface area (TPSA) is 49.0 Å². The van der Waals surface area contributed by atoms with E-state index >= 15 is 0 Å². The number of aromatic nitrogens is 3. The Morgan fingerprint density at radius 1 is 1.00 bits per heavy atom. The molecule has 5 nitrogen and oxygen atoms in total. The smallest absolute Gasteiger partial charge is 0.278 e. The van der Waals surface area contributed by atoms with E-state index in [0.29, 0.717) is 34.5 Å². The van der Waals surface area contributed by atoms with E-state index in [1.807, 2.05) is 53.1 Å². The molecule has 5 rings (SSSR count). The number of hydrogen-bond acceptors (Lipinski definition) is 3. The molecule has 0 aliphatic rings. The zero-order chi connectivity index (χ0) is 22.2. The number of ether oxygens (including phenoxy) is 1. The fraction of sp³-hybridized carbons (Fsp3) is 0.120. The lowest BCUT2D eigenvalue weighted by Crippen LogP contribution is -2.23. The Kier molecular flexibility index (Phi) is 5.15. The number of methoxy groups -OCH3 is 1. The summed E-state index contributed by atoms with van der Waals surface area (Å²) in [6.45, 7) is 0.776. The summed E-state index contributed by atoms with van der Waals surface area (Å²) in [7, 11) is 1.60. The highest BCUT2D eigenvalue weighted by Crippen LogP contribution is 2.27. The van der Waals surface area contributed by atoms with E-state index in [1.54, 1.807) is 17.7 Å². The fourth-order valence-corrected chi connectivity index (χ4v) is 4.12. The number of nitrogens with zero attached hydrogens (tertiary/aromatic N) is 3. The number of halogens is 2. The van der Waals surface area contributed by atoms with Crippen LogP contribution in [-0.2, 0) is 13.1 Å². The Bertz CT molecular complexity index is 1510. The molecule has 0 N–H and O–H groups in total. The summed E-state index contributed by atoms with van der Waals surface area (Å²) in [5.74, 6) is 0.349. The van der Waals surface area contributed by atoms with Gasteiger partial charge in [0.15, 0.2) is 0 Å². The van der Waals surface area contributed by atoms with Gasteiger partial charge in [-0.15, -0.1) is 0 Å². The van der Waals surface area contributed by atoms with Gasteiger partial charge in [0.25, 0.3) is 5.56 Å². The zero-order valence-electron chi connectivity index (χ0n) is 17.3. The first kappa shape index (κ1) is 20.3. The minimum absolute atomic E-state index is 0.191. The van der Waals surface area contributed by atoms with Crippen LogP contribution in [0.3, 0.4) is 0 Å². The number of fused-ring (bicyclic) bond motifs is 3. The van der Waals surface area contributed by atoms with Crippen molar-refractivity contribution in [3.63, 3.8) is 0 Å². The third-order valence-corrected chi connectivity index (χ3v) is 5.78. The second-order valence-electron chi connectivity index (χ2n) is 7.60. The van der Waals surface area contributed by atoms with Gasteiger partial charge in [0.1, 0.15) is 22.6 Å². The van der Waals surface area contributed by atoms with E-state index in [-0.39, 0.29) is 11.4 Å². The molecule has 0 saturated carbocycles. The first-order valence-electron chi connectivity index (χ1n) is 10.1. The molecular formula is C25H19ClFN3O2. The lowest BCUT2D eigenvalue weighted by atomic mass is 10.2. The highest BCUT2D eigenvalue weighted by Gasteiger charge is 2.17. The monoisotopic (exact) mass is 447 g/mol. The van der Waals surface area contributed by atoms with Gasteiger partial charge < -0.3 is 9.30 Å². The molecule has 0 aliphatic carbocycles. The van der Waals surface area contributed by atoms with Crippen molar-refractivity contribution in [3.8, 4) is 5.75 Å². The van der Waals surface area contributed by atoms with Crippen LogP contribution in [0.2, 0.25) is 5.02 Å². The maximum Gasteiger partial charge on any atom is 0.278 e. The Labute approximate surface area is 188 Å². The summed E-state index contributed by atoms with van der Waals surface area (Å²) >= 11 is 6.02. The van der Waals surface area contributed by atoms with Crippen LogP contribution >= 0.6 is 11.6 Å². The van der Waals surface area contributed by atoms with Gasteiger partial charge in [0, 0.05) is 17.0 Å². The van der Waals surface area contributed by atoms with Crippen LogP contribution in [0.15, 0.2) is 77.9 Å². The molecule has 160 valence electrons. The minimum atomic E-state index is -0.370. The molecule has 0 saturated heterocycles. The molecule has 0 bridgehead atoms. The lowest BCUT2D eigenvalue weighted by molar-refractivity contribution is 0.414. The second-order valence-corrected chi connectivity index (χ2v) is 8.04. The molecule has 5 aromatic rings. The standard InChI is InChI=1S/C25H19ClFN3O2/c1-32-20-4-2-3-17(11-20)13-29-15-28-23-21-12-19(27)9-10-22(21)30(24(23)25(29)31)14-16-5-7-18(26)8-6-16/h2-12,15H,13-14H2,1H3. The Morgan fingerprint density at radius 3 is 2.59 bits per heavy atom. The van der Waals surface area contributed by atoms with Crippen LogP contribution in [0.4, 0.5) is 4.39 Å². The molecule has 0 fully saturated rings. The minimum Gasteiger partial charge on any atom is -0.497 e. The molecule has 32 heavy (non-hydrogen) atoms. The second kappa shape index (κ2) is 8.13. The molecule has 0 atom stereocenters.